The van der Waals surface area contributed by atoms with Crippen LogP contribution < -0.4 is 4.74 Å². The van der Waals surface area contributed by atoms with E-state index in [0.717, 1.165) is 55.4 Å². The topological polar surface area (TPSA) is 61.4 Å². The molecule has 142 valence electrons. The lowest BCUT2D eigenvalue weighted by Crippen LogP contribution is -2.38. The maximum atomic E-state index is 9.91. The van der Waals surface area contributed by atoms with Gasteiger partial charge in [-0.1, -0.05) is 24.3 Å². The minimum atomic E-state index is -0.138. The average molecular weight is 365 g/mol. The van der Waals surface area contributed by atoms with Gasteiger partial charge < -0.3 is 9.84 Å². The molecule has 1 saturated carbocycles. The summed E-state index contributed by atoms with van der Waals surface area (Å²) in [5.74, 6) is 0.894. The predicted octanol–water partition coefficient (Wildman–Crippen LogP) is 3.88. The third kappa shape index (κ3) is 4.31. The Bertz CT molecular complexity index is 884. The SMILES string of the molecule is COc1cccc(CN(Cc2ccc3cn[nH]c3c2)C2CCC(O)CC2)c1. The highest BCUT2D eigenvalue weighted by Crippen LogP contribution is 2.27. The molecule has 2 N–H and O–H groups in total. The van der Waals surface area contributed by atoms with Crippen molar-refractivity contribution in [1.29, 1.82) is 0 Å². The monoisotopic (exact) mass is 365 g/mol. The molecule has 1 aromatic heterocycles. The highest BCUT2D eigenvalue weighted by molar-refractivity contribution is 5.78. The van der Waals surface area contributed by atoms with Gasteiger partial charge in [-0.2, -0.15) is 5.10 Å². The van der Waals surface area contributed by atoms with Crippen molar-refractivity contribution >= 4 is 10.9 Å². The number of benzene rings is 2. The average Bonchev–Trinajstić information content (AvgIpc) is 3.16. The molecule has 0 radical (unpaired) electrons. The van der Waals surface area contributed by atoms with Crippen molar-refractivity contribution in [3.8, 4) is 5.75 Å². The summed E-state index contributed by atoms with van der Waals surface area (Å²) in [5.41, 5.74) is 3.61. The molecule has 1 aliphatic carbocycles. The van der Waals surface area contributed by atoms with Crippen molar-refractivity contribution < 1.29 is 9.84 Å². The van der Waals surface area contributed by atoms with Crippen molar-refractivity contribution in [3.05, 3.63) is 59.8 Å². The van der Waals surface area contributed by atoms with E-state index in [-0.39, 0.29) is 6.10 Å². The van der Waals surface area contributed by atoms with Crippen LogP contribution in [0, 0.1) is 0 Å². The van der Waals surface area contributed by atoms with Gasteiger partial charge in [-0.25, -0.2) is 0 Å². The molecule has 0 unspecified atom stereocenters. The second-order valence-corrected chi connectivity index (χ2v) is 7.51. The number of fused-ring (bicyclic) bond motifs is 1. The Kier molecular flexibility index (Phi) is 5.41. The quantitative estimate of drug-likeness (QED) is 0.696. The Balaban J connectivity index is 1.56. The zero-order valence-corrected chi connectivity index (χ0v) is 15.8. The van der Waals surface area contributed by atoms with Gasteiger partial charge in [-0.15, -0.1) is 0 Å². The van der Waals surface area contributed by atoms with Crippen LogP contribution in [0.1, 0.15) is 36.8 Å². The molecule has 0 aliphatic heterocycles. The molecule has 1 heterocycles. The summed E-state index contributed by atoms with van der Waals surface area (Å²) in [6.45, 7) is 1.76. The second-order valence-electron chi connectivity index (χ2n) is 7.51. The van der Waals surface area contributed by atoms with E-state index < -0.39 is 0 Å². The number of rotatable bonds is 6. The number of nitrogens with one attached hydrogen (secondary N) is 1. The van der Waals surface area contributed by atoms with Crippen LogP contribution in [0.25, 0.3) is 10.9 Å². The number of ether oxygens (including phenoxy) is 1. The number of aromatic nitrogens is 2. The molecule has 0 spiro atoms. The van der Waals surface area contributed by atoms with Crippen molar-refractivity contribution in [3.63, 3.8) is 0 Å². The Morgan fingerprint density at radius 1 is 1.07 bits per heavy atom. The summed E-state index contributed by atoms with van der Waals surface area (Å²) in [7, 11) is 1.71. The highest BCUT2D eigenvalue weighted by Gasteiger charge is 2.25. The smallest absolute Gasteiger partial charge is 0.119 e. The maximum Gasteiger partial charge on any atom is 0.119 e. The maximum absolute atomic E-state index is 9.91. The number of aliphatic hydroxyl groups excluding tert-OH is 1. The summed E-state index contributed by atoms with van der Waals surface area (Å²) >= 11 is 0. The summed E-state index contributed by atoms with van der Waals surface area (Å²) in [6.07, 6.45) is 5.57. The van der Waals surface area contributed by atoms with Crippen molar-refractivity contribution in [2.45, 2.75) is 50.9 Å². The van der Waals surface area contributed by atoms with Gasteiger partial charge in [0.2, 0.25) is 0 Å². The zero-order chi connectivity index (χ0) is 18.6. The van der Waals surface area contributed by atoms with Crippen LogP contribution in [0.5, 0.6) is 5.75 Å². The minimum Gasteiger partial charge on any atom is -0.497 e. The Labute approximate surface area is 160 Å². The molecule has 0 atom stereocenters. The van der Waals surface area contributed by atoms with Gasteiger partial charge in [0.05, 0.1) is 24.9 Å². The van der Waals surface area contributed by atoms with E-state index in [1.807, 2.05) is 18.3 Å². The van der Waals surface area contributed by atoms with Crippen LogP contribution in [-0.2, 0) is 13.1 Å². The lowest BCUT2D eigenvalue weighted by atomic mass is 9.91. The normalized spacial score (nSPS) is 20.3. The largest absolute Gasteiger partial charge is 0.497 e. The van der Waals surface area contributed by atoms with E-state index in [2.05, 4.69) is 45.4 Å². The molecule has 27 heavy (non-hydrogen) atoms. The van der Waals surface area contributed by atoms with Crippen molar-refractivity contribution in [2.75, 3.05) is 7.11 Å². The van der Waals surface area contributed by atoms with Crippen molar-refractivity contribution in [1.82, 2.24) is 15.1 Å². The molecule has 0 saturated heterocycles. The fourth-order valence-electron chi connectivity index (χ4n) is 4.06. The van der Waals surface area contributed by atoms with Crippen molar-refractivity contribution in [2.24, 2.45) is 0 Å². The first-order valence-corrected chi connectivity index (χ1v) is 9.68. The third-order valence-corrected chi connectivity index (χ3v) is 5.59. The van der Waals surface area contributed by atoms with Crippen LogP contribution in [0.2, 0.25) is 0 Å². The molecule has 0 bridgehead atoms. The van der Waals surface area contributed by atoms with Gasteiger partial charge in [0.1, 0.15) is 5.75 Å². The van der Waals surface area contributed by atoms with Crippen LogP contribution in [0.3, 0.4) is 0 Å². The molecule has 1 fully saturated rings. The molecule has 1 aliphatic rings. The molecule has 3 aromatic rings. The molecule has 5 heteroatoms. The van der Waals surface area contributed by atoms with Gasteiger partial charge in [-0.3, -0.25) is 10.00 Å². The van der Waals surface area contributed by atoms with Gasteiger partial charge in [0.15, 0.2) is 0 Å². The molecule has 4 rings (SSSR count). The van der Waals surface area contributed by atoms with Gasteiger partial charge >= 0.3 is 0 Å². The van der Waals surface area contributed by atoms with Crippen LogP contribution >= 0.6 is 0 Å². The molecule has 0 amide bonds. The molecule has 2 aromatic carbocycles. The molecular weight excluding hydrogens is 338 g/mol. The van der Waals surface area contributed by atoms with Gasteiger partial charge in [0, 0.05) is 24.5 Å². The number of hydrogen-bond donors (Lipinski definition) is 2. The van der Waals surface area contributed by atoms with Crippen LogP contribution in [0.15, 0.2) is 48.7 Å². The number of hydrogen-bond acceptors (Lipinski definition) is 4. The fourth-order valence-corrected chi connectivity index (χ4v) is 4.06. The second kappa shape index (κ2) is 8.11. The van der Waals surface area contributed by atoms with E-state index in [4.69, 9.17) is 4.74 Å². The standard InChI is InChI=1S/C22H27N3O2/c1-27-21-4-2-3-16(11-21)14-25(19-7-9-20(26)10-8-19)15-17-5-6-18-13-23-24-22(18)12-17/h2-6,11-13,19-20,26H,7-10,14-15H2,1H3,(H,23,24). The first-order chi connectivity index (χ1) is 13.2. The Morgan fingerprint density at radius 3 is 2.63 bits per heavy atom. The summed E-state index contributed by atoms with van der Waals surface area (Å²) in [4.78, 5) is 2.54. The number of aromatic amines is 1. The number of aliphatic hydroxyl groups is 1. The van der Waals surface area contributed by atoms with Crippen LogP contribution in [-0.4, -0.2) is 39.5 Å². The van der Waals surface area contributed by atoms with E-state index in [0.29, 0.717) is 6.04 Å². The fraction of sp³-hybridized carbons (Fsp3) is 0.409. The zero-order valence-electron chi connectivity index (χ0n) is 15.8. The summed E-state index contributed by atoms with van der Waals surface area (Å²) in [6, 6.07) is 15.3. The number of H-pyrrole nitrogens is 1. The lowest BCUT2D eigenvalue weighted by Gasteiger charge is -2.36. The van der Waals surface area contributed by atoms with E-state index in [1.54, 1.807) is 7.11 Å². The lowest BCUT2D eigenvalue weighted by molar-refractivity contribution is 0.0666. The van der Waals surface area contributed by atoms with Gasteiger partial charge in [-0.05, 0) is 55.0 Å². The molecule has 5 nitrogen and oxygen atoms in total. The van der Waals surface area contributed by atoms with Gasteiger partial charge in [0.25, 0.3) is 0 Å². The summed E-state index contributed by atoms with van der Waals surface area (Å²) in [5, 5.41) is 18.2. The summed E-state index contributed by atoms with van der Waals surface area (Å²) < 4.78 is 5.39. The van der Waals surface area contributed by atoms with Crippen LogP contribution in [0.4, 0.5) is 0 Å². The number of methoxy groups -OCH3 is 1. The Hall–Kier alpha value is -2.37. The van der Waals surface area contributed by atoms with E-state index >= 15 is 0 Å². The van der Waals surface area contributed by atoms with E-state index in [9.17, 15) is 5.11 Å². The number of nitrogens with zero attached hydrogens (tertiary/aromatic N) is 2. The third-order valence-electron chi connectivity index (χ3n) is 5.59. The first kappa shape index (κ1) is 18.0. The highest BCUT2D eigenvalue weighted by atomic mass is 16.5. The Morgan fingerprint density at radius 2 is 1.85 bits per heavy atom. The molecular formula is C22H27N3O2. The van der Waals surface area contributed by atoms with E-state index in [1.165, 1.54) is 11.1 Å². The predicted molar refractivity (Wildman–Crippen MR) is 107 cm³/mol. The minimum absolute atomic E-state index is 0.138. The first-order valence-electron chi connectivity index (χ1n) is 9.68.